The van der Waals surface area contributed by atoms with Crippen LogP contribution in [0.15, 0.2) is 47.4 Å². The third-order valence-corrected chi connectivity index (χ3v) is 7.66. The van der Waals surface area contributed by atoms with Gasteiger partial charge in [-0.05, 0) is 50.2 Å². The quantitative estimate of drug-likeness (QED) is 0.196. The number of hydrogen-bond acceptors (Lipinski definition) is 5. The largest absolute Gasteiger partial charge is 0.392 e. The van der Waals surface area contributed by atoms with E-state index in [4.69, 9.17) is 0 Å². The molecule has 7 heteroatoms. The van der Waals surface area contributed by atoms with E-state index in [2.05, 4.69) is 0 Å². The van der Waals surface area contributed by atoms with Crippen molar-refractivity contribution in [2.75, 3.05) is 18.6 Å². The van der Waals surface area contributed by atoms with Gasteiger partial charge < -0.3 is 15.1 Å². The highest BCUT2D eigenvalue weighted by molar-refractivity contribution is 7.99. The van der Waals surface area contributed by atoms with E-state index in [0.717, 1.165) is 4.90 Å². The lowest BCUT2D eigenvalue weighted by Gasteiger charge is -2.21. The van der Waals surface area contributed by atoms with Gasteiger partial charge in [0.05, 0.1) is 12.2 Å². The first-order chi connectivity index (χ1) is 13.8. The van der Waals surface area contributed by atoms with E-state index in [0.29, 0.717) is 44.0 Å². The molecule has 0 aliphatic heterocycles. The Morgan fingerprint density at radius 1 is 1.28 bits per heavy atom. The Morgan fingerprint density at radius 2 is 2.00 bits per heavy atom. The fraction of sp³-hybridized carbons (Fsp3) is 0.591. The number of benzene rings is 1. The van der Waals surface area contributed by atoms with Crippen LogP contribution in [-0.2, 0) is 9.36 Å². The first-order valence-electron chi connectivity index (χ1n) is 10.3. The maximum absolute atomic E-state index is 12.3. The Morgan fingerprint density at radius 3 is 2.69 bits per heavy atom. The van der Waals surface area contributed by atoms with Gasteiger partial charge in [-0.3, -0.25) is 9.36 Å². The zero-order valence-electron chi connectivity index (χ0n) is 17.0. The van der Waals surface area contributed by atoms with Gasteiger partial charge in [-0.1, -0.05) is 30.4 Å². The molecule has 1 unspecified atom stereocenters. The highest BCUT2D eigenvalue weighted by Crippen LogP contribution is 2.37. The smallest absolute Gasteiger partial charge is 0.197 e. The van der Waals surface area contributed by atoms with Crippen molar-refractivity contribution in [3.63, 3.8) is 0 Å². The predicted molar refractivity (Wildman–Crippen MR) is 119 cm³/mol. The minimum absolute atomic E-state index is 0.0914. The second kappa shape index (κ2) is 12.1. The summed E-state index contributed by atoms with van der Waals surface area (Å²) in [4.78, 5) is 22.7. The van der Waals surface area contributed by atoms with Gasteiger partial charge in [-0.2, -0.15) is 0 Å². The van der Waals surface area contributed by atoms with Crippen molar-refractivity contribution in [3.8, 4) is 0 Å². The maximum Gasteiger partial charge on any atom is 0.197 e. The predicted octanol–water partition coefficient (Wildman–Crippen LogP) is 4.11. The average Bonchev–Trinajstić information content (AvgIpc) is 2.93. The van der Waals surface area contributed by atoms with E-state index in [1.807, 2.05) is 42.5 Å². The molecule has 1 aromatic rings. The Hall–Kier alpha value is -0.910. The van der Waals surface area contributed by atoms with Crippen LogP contribution in [-0.4, -0.2) is 51.7 Å². The topological polar surface area (TPSA) is 94.8 Å². The highest BCUT2D eigenvalue weighted by atomic mass is 32.2. The first-order valence-corrected chi connectivity index (χ1v) is 13.5. The number of aliphatic hydroxyl groups excluding tert-OH is 2. The van der Waals surface area contributed by atoms with E-state index < -0.39 is 19.6 Å². The van der Waals surface area contributed by atoms with Crippen LogP contribution in [0.5, 0.6) is 0 Å². The number of thioether (sulfide) groups is 1. The summed E-state index contributed by atoms with van der Waals surface area (Å²) in [6, 6.07) is 9.93. The molecule has 1 fully saturated rings. The van der Waals surface area contributed by atoms with Gasteiger partial charge in [0, 0.05) is 35.8 Å². The van der Waals surface area contributed by atoms with Gasteiger partial charge in [-0.15, -0.1) is 11.8 Å². The molecule has 0 radical (unpaired) electrons. The van der Waals surface area contributed by atoms with Gasteiger partial charge in [0.1, 0.15) is 5.78 Å². The van der Waals surface area contributed by atoms with Crippen LogP contribution in [0.3, 0.4) is 0 Å². The molecular formula is C22H33O5PS. The summed E-state index contributed by atoms with van der Waals surface area (Å²) in [6.45, 7) is 1.37. The summed E-state index contributed by atoms with van der Waals surface area (Å²) < 4.78 is 11.3. The van der Waals surface area contributed by atoms with Crippen LogP contribution in [0, 0.1) is 11.8 Å². The van der Waals surface area contributed by atoms with E-state index in [9.17, 15) is 24.5 Å². The van der Waals surface area contributed by atoms with Crippen LogP contribution >= 0.6 is 19.1 Å². The fourth-order valence-corrected chi connectivity index (χ4v) is 5.43. The van der Waals surface area contributed by atoms with Crippen molar-refractivity contribution in [1.82, 2.24) is 0 Å². The summed E-state index contributed by atoms with van der Waals surface area (Å²) in [5.74, 6) is 0.369. The SMILES string of the molecule is CP(=O)(O)CCC/C=C\C[C@H]1C(=O)C[C@@H](O)[C@@H]1CC[C@@H](O)CSc1ccccc1. The van der Waals surface area contributed by atoms with Gasteiger partial charge in [0.2, 0.25) is 0 Å². The van der Waals surface area contributed by atoms with Gasteiger partial charge >= 0.3 is 0 Å². The monoisotopic (exact) mass is 440 g/mol. The summed E-state index contributed by atoms with van der Waals surface area (Å²) in [6.07, 6.45) is 6.45. The Bertz CT molecular complexity index is 702. The number of allylic oxidation sites excluding steroid dienone is 2. The molecule has 0 bridgehead atoms. The molecule has 0 spiro atoms. The number of ketones is 1. The molecule has 0 aromatic heterocycles. The highest BCUT2D eigenvalue weighted by Gasteiger charge is 2.40. The second-order valence-electron chi connectivity index (χ2n) is 7.99. The molecule has 1 saturated carbocycles. The van der Waals surface area contributed by atoms with Gasteiger partial charge in [0.25, 0.3) is 0 Å². The number of rotatable bonds is 12. The van der Waals surface area contributed by atoms with E-state index in [-0.39, 0.29) is 24.0 Å². The molecule has 0 saturated heterocycles. The van der Waals surface area contributed by atoms with Crippen molar-refractivity contribution in [3.05, 3.63) is 42.5 Å². The van der Waals surface area contributed by atoms with Crippen LogP contribution in [0.25, 0.3) is 0 Å². The minimum atomic E-state index is -2.95. The molecule has 1 aromatic carbocycles. The van der Waals surface area contributed by atoms with Crippen molar-refractivity contribution in [2.24, 2.45) is 11.8 Å². The van der Waals surface area contributed by atoms with E-state index in [1.165, 1.54) is 6.66 Å². The lowest BCUT2D eigenvalue weighted by molar-refractivity contribution is -0.121. The molecule has 1 aliphatic rings. The normalized spacial score (nSPS) is 25.4. The molecule has 3 N–H and O–H groups in total. The Labute approximate surface area is 178 Å². The zero-order valence-corrected chi connectivity index (χ0v) is 18.7. The van der Waals surface area contributed by atoms with E-state index in [1.54, 1.807) is 11.8 Å². The van der Waals surface area contributed by atoms with Gasteiger partial charge in [-0.25, -0.2) is 0 Å². The Balaban J connectivity index is 1.75. The fourth-order valence-electron chi connectivity index (χ4n) is 3.76. The minimum Gasteiger partial charge on any atom is -0.392 e. The number of hydrogen-bond donors (Lipinski definition) is 3. The summed E-state index contributed by atoms with van der Waals surface area (Å²) >= 11 is 1.61. The molecule has 5 nitrogen and oxygen atoms in total. The average molecular weight is 441 g/mol. The lowest BCUT2D eigenvalue weighted by Crippen LogP contribution is -2.23. The lowest BCUT2D eigenvalue weighted by atomic mass is 9.86. The first kappa shape index (κ1) is 24.4. The molecule has 1 aliphatic carbocycles. The summed E-state index contributed by atoms with van der Waals surface area (Å²) in [5.41, 5.74) is 0. The number of unbranched alkanes of at least 4 members (excludes halogenated alkanes) is 1. The molecule has 0 amide bonds. The van der Waals surface area contributed by atoms with Crippen LogP contribution < -0.4 is 0 Å². The van der Waals surface area contributed by atoms with Crippen molar-refractivity contribution in [2.45, 2.75) is 55.6 Å². The number of Topliss-reactive ketones (excluding diaryl/α,β-unsaturated/α-hetero) is 1. The molecule has 2 rings (SSSR count). The molecular weight excluding hydrogens is 407 g/mol. The second-order valence-corrected chi connectivity index (χ2v) is 11.6. The molecule has 29 heavy (non-hydrogen) atoms. The summed E-state index contributed by atoms with van der Waals surface area (Å²) in [5, 5.41) is 20.6. The maximum atomic E-state index is 12.3. The standard InChI is InChI=1S/C22H33O5PS/c1-28(26,27)14-8-3-2-7-11-19-20(22(25)15-21(19)24)13-12-17(23)16-29-18-9-5-4-6-10-18/h2,4-7,9-10,17,19-20,22-23,25H,3,8,11-16H2,1H3,(H,26,27)/b7-2-/t17-,19-,20-,22-/m1/s1. The molecule has 0 heterocycles. The van der Waals surface area contributed by atoms with Crippen LogP contribution in [0.2, 0.25) is 0 Å². The van der Waals surface area contributed by atoms with Crippen LogP contribution in [0.1, 0.15) is 38.5 Å². The number of aliphatic hydroxyl groups is 2. The molecule has 162 valence electrons. The van der Waals surface area contributed by atoms with Crippen molar-refractivity contribution >= 4 is 24.9 Å². The van der Waals surface area contributed by atoms with Crippen molar-refractivity contribution in [1.29, 1.82) is 0 Å². The zero-order chi connectivity index (χ0) is 21.3. The van der Waals surface area contributed by atoms with Gasteiger partial charge in [0.15, 0.2) is 7.37 Å². The van der Waals surface area contributed by atoms with Crippen LogP contribution in [0.4, 0.5) is 0 Å². The van der Waals surface area contributed by atoms with Crippen molar-refractivity contribution < 1.29 is 24.5 Å². The van der Waals surface area contributed by atoms with E-state index >= 15 is 0 Å². The number of carbonyl (C=O) groups is 1. The number of carbonyl (C=O) groups excluding carboxylic acids is 1. The third kappa shape index (κ3) is 9.18. The third-order valence-electron chi connectivity index (χ3n) is 5.35. The molecule has 5 atom stereocenters. The Kier molecular flexibility index (Phi) is 10.1. The summed E-state index contributed by atoms with van der Waals surface area (Å²) in [7, 11) is -2.95.